The number of thioether (sulfide) groups is 1. The number of hydrogen-bond donors (Lipinski definition) is 2. The Hall–Kier alpha value is -2.88. The minimum Gasteiger partial charge on any atom is -0.465 e. The summed E-state index contributed by atoms with van der Waals surface area (Å²) in [6.07, 6.45) is -0.805. The van der Waals surface area contributed by atoms with Crippen LogP contribution in [0.5, 0.6) is 0 Å². The highest BCUT2D eigenvalue weighted by Gasteiger charge is 2.17. The van der Waals surface area contributed by atoms with E-state index < -0.39 is 12.1 Å². The fraction of sp³-hybridized carbons (Fsp3) is 0.273. The molecule has 0 aliphatic heterocycles. The highest BCUT2D eigenvalue weighted by atomic mass is 35.5. The summed E-state index contributed by atoms with van der Waals surface area (Å²) in [4.78, 5) is 41.8. The van der Waals surface area contributed by atoms with Crippen LogP contribution in [0.4, 0.5) is 5.69 Å². The lowest BCUT2D eigenvalue weighted by atomic mass is 10.1. The van der Waals surface area contributed by atoms with Crippen molar-refractivity contribution in [1.82, 2.24) is 9.55 Å². The third-order valence-corrected chi connectivity index (χ3v) is 5.81. The average molecular weight is 476 g/mol. The molecular weight excluding hydrogens is 454 g/mol. The van der Waals surface area contributed by atoms with Gasteiger partial charge in [-0.1, -0.05) is 29.4 Å². The van der Waals surface area contributed by atoms with Gasteiger partial charge in [0, 0.05) is 0 Å². The molecule has 0 radical (unpaired) electrons. The van der Waals surface area contributed by atoms with Crippen molar-refractivity contribution in [2.45, 2.75) is 31.7 Å². The van der Waals surface area contributed by atoms with Crippen molar-refractivity contribution < 1.29 is 19.4 Å². The van der Waals surface area contributed by atoms with Gasteiger partial charge in [-0.15, -0.1) is 0 Å². The molecule has 3 aromatic rings. The minimum atomic E-state index is -0.805. The van der Waals surface area contributed by atoms with Gasteiger partial charge >= 0.3 is 5.97 Å². The lowest BCUT2D eigenvalue weighted by molar-refractivity contribution is -0.113. The minimum absolute atomic E-state index is 0.00820. The standard InChI is InChI=1S/C22H22ClN3O5S/c1-12-4-7-17(16(23)8-12)24-19(28)11-32-22-25-18-9-14(21(30)31-3)5-6-15(18)20(29)26(22)10-13(2)27/h4-9,13,27H,10-11H2,1-3H3,(H,24,28). The van der Waals surface area contributed by atoms with E-state index in [0.717, 1.165) is 17.3 Å². The highest BCUT2D eigenvalue weighted by molar-refractivity contribution is 7.99. The molecule has 2 N–H and O–H groups in total. The average Bonchev–Trinajstić information content (AvgIpc) is 2.75. The van der Waals surface area contributed by atoms with E-state index in [1.54, 1.807) is 19.1 Å². The van der Waals surface area contributed by atoms with E-state index in [-0.39, 0.29) is 34.5 Å². The van der Waals surface area contributed by atoms with Gasteiger partial charge in [0.1, 0.15) is 0 Å². The first-order chi connectivity index (χ1) is 15.2. The van der Waals surface area contributed by atoms with Crippen LogP contribution < -0.4 is 10.9 Å². The molecule has 0 saturated carbocycles. The number of halogens is 1. The monoisotopic (exact) mass is 475 g/mol. The maximum Gasteiger partial charge on any atom is 0.337 e. The van der Waals surface area contributed by atoms with Gasteiger partial charge in [0.25, 0.3) is 5.56 Å². The van der Waals surface area contributed by atoms with Crippen LogP contribution in [0.2, 0.25) is 5.02 Å². The number of carbonyl (C=O) groups excluding carboxylic acids is 2. The molecule has 1 heterocycles. The van der Waals surface area contributed by atoms with Crippen LogP contribution in [0.3, 0.4) is 0 Å². The first-order valence-corrected chi connectivity index (χ1v) is 11.1. The van der Waals surface area contributed by atoms with E-state index in [1.807, 2.05) is 13.0 Å². The van der Waals surface area contributed by atoms with E-state index in [9.17, 15) is 19.5 Å². The topological polar surface area (TPSA) is 111 Å². The van der Waals surface area contributed by atoms with E-state index in [4.69, 9.17) is 16.3 Å². The molecule has 1 aromatic heterocycles. The molecule has 168 valence electrons. The van der Waals surface area contributed by atoms with E-state index in [2.05, 4.69) is 10.3 Å². The molecule has 0 fully saturated rings. The maximum atomic E-state index is 13.0. The number of nitrogens with one attached hydrogen (secondary N) is 1. The Bertz CT molecular complexity index is 1240. The Labute approximate surface area is 193 Å². The highest BCUT2D eigenvalue weighted by Crippen LogP contribution is 2.24. The number of methoxy groups -OCH3 is 1. The van der Waals surface area contributed by atoms with Crippen molar-refractivity contribution in [3.63, 3.8) is 0 Å². The lowest BCUT2D eigenvalue weighted by Crippen LogP contribution is -2.28. The molecule has 0 saturated heterocycles. The number of aryl methyl sites for hydroxylation is 1. The summed E-state index contributed by atoms with van der Waals surface area (Å²) < 4.78 is 6.04. The number of carbonyl (C=O) groups is 2. The van der Waals surface area contributed by atoms with Gasteiger partial charge in [0.15, 0.2) is 5.16 Å². The molecule has 0 spiro atoms. The number of aliphatic hydroxyl groups is 1. The van der Waals surface area contributed by atoms with Crippen molar-refractivity contribution in [2.24, 2.45) is 0 Å². The van der Waals surface area contributed by atoms with E-state index >= 15 is 0 Å². The first kappa shape index (κ1) is 23.8. The van der Waals surface area contributed by atoms with Crippen molar-refractivity contribution in [1.29, 1.82) is 0 Å². The normalized spacial score (nSPS) is 11.9. The molecule has 1 atom stereocenters. The van der Waals surface area contributed by atoms with Crippen LogP contribution in [0, 0.1) is 6.92 Å². The summed E-state index contributed by atoms with van der Waals surface area (Å²) in [6.45, 7) is 3.46. The molecule has 0 bridgehead atoms. The SMILES string of the molecule is COC(=O)c1ccc2c(=O)n(CC(C)O)c(SCC(=O)Nc3ccc(C)cc3Cl)nc2c1. The van der Waals surface area contributed by atoms with Crippen molar-refractivity contribution in [2.75, 3.05) is 18.2 Å². The third-order valence-electron chi connectivity index (χ3n) is 4.52. The largest absolute Gasteiger partial charge is 0.465 e. The van der Waals surface area contributed by atoms with Crippen LogP contribution >= 0.6 is 23.4 Å². The van der Waals surface area contributed by atoms with Crippen LogP contribution in [-0.4, -0.2) is 45.5 Å². The molecule has 1 amide bonds. The zero-order valence-electron chi connectivity index (χ0n) is 17.7. The Kier molecular flexibility index (Phi) is 7.55. The maximum absolute atomic E-state index is 13.0. The number of aliphatic hydroxyl groups excluding tert-OH is 1. The quantitative estimate of drug-likeness (QED) is 0.306. The zero-order chi connectivity index (χ0) is 23.4. The number of hydrogen-bond acceptors (Lipinski definition) is 7. The molecule has 0 aliphatic rings. The summed E-state index contributed by atoms with van der Waals surface area (Å²) in [6, 6.07) is 9.73. The van der Waals surface area contributed by atoms with E-state index in [1.165, 1.54) is 29.9 Å². The molecular formula is C22H22ClN3O5S. The molecule has 2 aromatic carbocycles. The summed E-state index contributed by atoms with van der Waals surface area (Å²) >= 11 is 7.21. The predicted molar refractivity (Wildman–Crippen MR) is 125 cm³/mol. The van der Waals surface area contributed by atoms with Gasteiger partial charge < -0.3 is 15.2 Å². The Morgan fingerprint density at radius 3 is 2.69 bits per heavy atom. The lowest BCUT2D eigenvalue weighted by Gasteiger charge is -2.15. The number of amides is 1. The van der Waals surface area contributed by atoms with Gasteiger partial charge in [0.2, 0.25) is 5.91 Å². The summed E-state index contributed by atoms with van der Waals surface area (Å²) in [7, 11) is 1.26. The van der Waals surface area contributed by atoms with Crippen molar-refractivity contribution >= 4 is 51.8 Å². The van der Waals surface area contributed by atoms with Crippen molar-refractivity contribution in [3.8, 4) is 0 Å². The third kappa shape index (κ3) is 5.48. The molecule has 32 heavy (non-hydrogen) atoms. The Balaban J connectivity index is 1.91. The van der Waals surface area contributed by atoms with Gasteiger partial charge in [-0.3, -0.25) is 14.2 Å². The Morgan fingerprint density at radius 1 is 1.28 bits per heavy atom. The second-order valence-electron chi connectivity index (χ2n) is 7.20. The fourth-order valence-electron chi connectivity index (χ4n) is 3.02. The van der Waals surface area contributed by atoms with E-state index in [0.29, 0.717) is 21.6 Å². The molecule has 1 unspecified atom stereocenters. The van der Waals surface area contributed by atoms with Crippen LogP contribution in [0.15, 0.2) is 46.3 Å². The summed E-state index contributed by atoms with van der Waals surface area (Å²) in [5.74, 6) is -0.925. The van der Waals surface area contributed by atoms with Crippen LogP contribution in [0.1, 0.15) is 22.8 Å². The smallest absolute Gasteiger partial charge is 0.337 e. The number of fused-ring (bicyclic) bond motifs is 1. The second kappa shape index (κ2) is 10.2. The Morgan fingerprint density at radius 2 is 2.03 bits per heavy atom. The van der Waals surface area contributed by atoms with Gasteiger partial charge in [-0.05, 0) is 49.7 Å². The number of rotatable bonds is 7. The van der Waals surface area contributed by atoms with Gasteiger partial charge in [0.05, 0.1) is 52.7 Å². The van der Waals surface area contributed by atoms with Crippen LogP contribution in [0.25, 0.3) is 10.9 Å². The predicted octanol–water partition coefficient (Wildman–Crippen LogP) is 3.26. The molecule has 3 rings (SSSR count). The number of esters is 1. The number of ether oxygens (including phenoxy) is 1. The summed E-state index contributed by atoms with van der Waals surface area (Å²) in [5, 5.41) is 13.5. The molecule has 0 aliphatic carbocycles. The van der Waals surface area contributed by atoms with Crippen molar-refractivity contribution in [3.05, 3.63) is 62.9 Å². The second-order valence-corrected chi connectivity index (χ2v) is 8.55. The van der Waals surface area contributed by atoms with Gasteiger partial charge in [-0.25, -0.2) is 9.78 Å². The number of aromatic nitrogens is 2. The molecule has 10 heteroatoms. The van der Waals surface area contributed by atoms with Gasteiger partial charge in [-0.2, -0.15) is 0 Å². The zero-order valence-corrected chi connectivity index (χ0v) is 19.3. The number of nitrogens with zero attached hydrogens (tertiary/aromatic N) is 2. The molecule has 8 nitrogen and oxygen atoms in total. The first-order valence-electron chi connectivity index (χ1n) is 9.69. The number of benzene rings is 2. The fourth-order valence-corrected chi connectivity index (χ4v) is 4.11. The summed E-state index contributed by atoms with van der Waals surface area (Å²) in [5.41, 5.74) is 1.62. The number of anilines is 1. The van der Waals surface area contributed by atoms with Crippen LogP contribution in [-0.2, 0) is 16.1 Å².